The van der Waals surface area contributed by atoms with Crippen LogP contribution in [-0.2, 0) is 14.3 Å². The lowest BCUT2D eigenvalue weighted by Gasteiger charge is -2.31. The maximum absolute atomic E-state index is 14.5. The van der Waals surface area contributed by atoms with E-state index in [0.717, 1.165) is 24.8 Å². The number of carbonyl (C=O) groups excluding carboxylic acids is 2. The van der Waals surface area contributed by atoms with Crippen molar-refractivity contribution < 1.29 is 33.1 Å². The van der Waals surface area contributed by atoms with Crippen molar-refractivity contribution in [2.45, 2.75) is 39.2 Å². The second-order valence-corrected chi connectivity index (χ2v) is 7.78. The van der Waals surface area contributed by atoms with E-state index in [1.54, 1.807) is 31.7 Å². The van der Waals surface area contributed by atoms with Crippen LogP contribution in [0.2, 0.25) is 0 Å². The monoisotopic (exact) mass is 424 g/mol. The van der Waals surface area contributed by atoms with Crippen LogP contribution in [0.5, 0.6) is 5.75 Å². The van der Waals surface area contributed by atoms with E-state index in [1.165, 1.54) is 0 Å². The predicted octanol–water partition coefficient (Wildman–Crippen LogP) is 3.70. The molecule has 10 heteroatoms. The highest BCUT2D eigenvalue weighted by atomic mass is 19.1. The van der Waals surface area contributed by atoms with Gasteiger partial charge in [-0.2, -0.15) is 0 Å². The van der Waals surface area contributed by atoms with Gasteiger partial charge in [0.15, 0.2) is 12.4 Å². The third kappa shape index (κ3) is 6.43. The molecule has 0 radical (unpaired) electrons. The lowest BCUT2D eigenvalue weighted by Crippen LogP contribution is -2.40. The topological polar surface area (TPSA) is 108 Å². The first kappa shape index (κ1) is 23.1. The zero-order valence-corrected chi connectivity index (χ0v) is 17.4. The SMILES string of the molecule is COC(=O)COc1c(F)cc(C=C2CCCN(C(=O)OC(C)(C)C)C2)cc1[N+](=O)[O-]. The number of benzene rings is 1. The number of piperidine rings is 1. The summed E-state index contributed by atoms with van der Waals surface area (Å²) in [5, 5.41) is 11.4. The third-order valence-electron chi connectivity index (χ3n) is 4.15. The number of rotatable bonds is 5. The average molecular weight is 424 g/mol. The van der Waals surface area contributed by atoms with E-state index in [1.807, 2.05) is 0 Å². The minimum atomic E-state index is -0.972. The summed E-state index contributed by atoms with van der Waals surface area (Å²) < 4.78 is 29.2. The number of hydrogen-bond donors (Lipinski definition) is 0. The van der Waals surface area contributed by atoms with Gasteiger partial charge >= 0.3 is 17.7 Å². The van der Waals surface area contributed by atoms with Gasteiger partial charge < -0.3 is 19.1 Å². The summed E-state index contributed by atoms with van der Waals surface area (Å²) in [6.07, 6.45) is 2.51. The normalized spacial score (nSPS) is 15.6. The lowest BCUT2D eigenvalue weighted by molar-refractivity contribution is -0.386. The fourth-order valence-corrected chi connectivity index (χ4v) is 2.89. The van der Waals surface area contributed by atoms with Crippen molar-refractivity contribution in [3.05, 3.63) is 39.2 Å². The van der Waals surface area contributed by atoms with Crippen molar-refractivity contribution in [2.75, 3.05) is 26.8 Å². The zero-order valence-electron chi connectivity index (χ0n) is 17.4. The number of likely N-dealkylation sites (tertiary alicyclic amines) is 1. The number of nitrogens with zero attached hydrogens (tertiary/aromatic N) is 2. The van der Waals surface area contributed by atoms with Crippen molar-refractivity contribution in [1.29, 1.82) is 0 Å². The highest BCUT2D eigenvalue weighted by molar-refractivity contribution is 5.72. The first-order valence-electron chi connectivity index (χ1n) is 9.35. The van der Waals surface area contributed by atoms with Crippen LogP contribution in [0.4, 0.5) is 14.9 Å². The average Bonchev–Trinajstić information content (AvgIpc) is 2.65. The molecule has 0 spiro atoms. The van der Waals surface area contributed by atoms with Gasteiger partial charge in [-0.1, -0.05) is 11.6 Å². The van der Waals surface area contributed by atoms with Crippen LogP contribution in [-0.4, -0.2) is 54.3 Å². The molecule has 0 unspecified atom stereocenters. The highest BCUT2D eigenvalue weighted by Gasteiger charge is 2.26. The molecule has 1 fully saturated rings. The number of ether oxygens (including phenoxy) is 3. The van der Waals surface area contributed by atoms with E-state index in [-0.39, 0.29) is 12.1 Å². The molecule has 30 heavy (non-hydrogen) atoms. The van der Waals surface area contributed by atoms with Gasteiger partial charge in [0.1, 0.15) is 5.60 Å². The van der Waals surface area contributed by atoms with Crippen LogP contribution in [0.15, 0.2) is 17.7 Å². The summed E-state index contributed by atoms with van der Waals surface area (Å²) in [5.41, 5.74) is -0.164. The quantitative estimate of drug-likeness (QED) is 0.403. The molecule has 1 saturated heterocycles. The molecule has 0 aliphatic carbocycles. The first-order valence-corrected chi connectivity index (χ1v) is 9.35. The Morgan fingerprint density at radius 2 is 2.03 bits per heavy atom. The summed E-state index contributed by atoms with van der Waals surface area (Å²) in [7, 11) is 1.12. The molecule has 164 valence electrons. The Labute approximate surface area is 173 Å². The van der Waals surface area contributed by atoms with Crippen molar-refractivity contribution in [1.82, 2.24) is 4.90 Å². The minimum absolute atomic E-state index is 0.255. The van der Waals surface area contributed by atoms with Gasteiger partial charge in [0, 0.05) is 19.2 Å². The molecule has 2 rings (SSSR count). The van der Waals surface area contributed by atoms with Gasteiger partial charge in [-0.3, -0.25) is 10.1 Å². The number of hydrogen-bond acceptors (Lipinski definition) is 7. The van der Waals surface area contributed by atoms with E-state index in [0.29, 0.717) is 19.4 Å². The number of nitro groups is 1. The Bertz CT molecular complexity index is 861. The molecular weight excluding hydrogens is 399 g/mol. The number of amides is 1. The molecule has 0 N–H and O–H groups in total. The Kier molecular flexibility index (Phi) is 7.36. The lowest BCUT2D eigenvalue weighted by atomic mass is 10.0. The largest absolute Gasteiger partial charge is 0.473 e. The van der Waals surface area contributed by atoms with Gasteiger partial charge in [-0.25, -0.2) is 14.0 Å². The minimum Gasteiger partial charge on any atom is -0.473 e. The van der Waals surface area contributed by atoms with Gasteiger partial charge in [0.25, 0.3) is 0 Å². The Morgan fingerprint density at radius 1 is 1.33 bits per heavy atom. The molecular formula is C20H25FN2O7. The third-order valence-corrected chi connectivity index (χ3v) is 4.15. The second-order valence-electron chi connectivity index (χ2n) is 7.78. The van der Waals surface area contributed by atoms with Crippen molar-refractivity contribution in [2.24, 2.45) is 0 Å². The Morgan fingerprint density at radius 3 is 2.63 bits per heavy atom. The van der Waals surface area contributed by atoms with Crippen LogP contribution in [0, 0.1) is 15.9 Å². The Hall–Kier alpha value is -3.17. The Balaban J connectivity index is 2.24. The summed E-state index contributed by atoms with van der Waals surface area (Å²) in [6, 6.07) is 2.24. The molecule has 1 aliphatic heterocycles. The summed E-state index contributed by atoms with van der Waals surface area (Å²) in [4.78, 5) is 35.6. The molecule has 0 bridgehead atoms. The summed E-state index contributed by atoms with van der Waals surface area (Å²) in [5.74, 6) is -2.40. The van der Waals surface area contributed by atoms with Crippen LogP contribution in [0.25, 0.3) is 6.08 Å². The number of methoxy groups -OCH3 is 1. The zero-order chi connectivity index (χ0) is 22.5. The number of esters is 1. The van der Waals surface area contributed by atoms with Crippen molar-refractivity contribution in [3.63, 3.8) is 0 Å². The molecule has 9 nitrogen and oxygen atoms in total. The van der Waals surface area contributed by atoms with E-state index < -0.39 is 46.4 Å². The van der Waals surface area contributed by atoms with Crippen molar-refractivity contribution >= 4 is 23.8 Å². The van der Waals surface area contributed by atoms with Gasteiger partial charge in [-0.15, -0.1) is 0 Å². The predicted molar refractivity (Wildman–Crippen MR) is 106 cm³/mol. The maximum Gasteiger partial charge on any atom is 0.410 e. The highest BCUT2D eigenvalue weighted by Crippen LogP contribution is 2.33. The first-order chi connectivity index (χ1) is 14.0. The van der Waals surface area contributed by atoms with E-state index in [9.17, 15) is 24.1 Å². The fraction of sp³-hybridized carbons (Fsp3) is 0.500. The second kappa shape index (κ2) is 9.55. The van der Waals surface area contributed by atoms with E-state index in [2.05, 4.69) is 4.74 Å². The van der Waals surface area contributed by atoms with E-state index in [4.69, 9.17) is 9.47 Å². The number of halogens is 1. The van der Waals surface area contributed by atoms with Crippen LogP contribution < -0.4 is 4.74 Å². The standard InChI is InChI=1S/C20H25FN2O7/c1-20(2,3)30-19(25)22-7-5-6-13(11-22)8-14-9-15(21)18(16(10-14)23(26)27)29-12-17(24)28-4/h8-10H,5-7,11-12H2,1-4H3. The molecule has 1 aliphatic rings. The molecule has 0 saturated carbocycles. The fourth-order valence-electron chi connectivity index (χ4n) is 2.89. The number of carbonyl (C=O) groups is 2. The van der Waals surface area contributed by atoms with Gasteiger partial charge in [0.05, 0.1) is 12.0 Å². The van der Waals surface area contributed by atoms with Crippen LogP contribution in [0.1, 0.15) is 39.2 Å². The van der Waals surface area contributed by atoms with Crippen LogP contribution >= 0.6 is 0 Å². The molecule has 1 aromatic rings. The smallest absolute Gasteiger partial charge is 0.410 e. The van der Waals surface area contributed by atoms with Crippen molar-refractivity contribution in [3.8, 4) is 5.75 Å². The summed E-state index contributed by atoms with van der Waals surface area (Å²) in [6.45, 7) is 5.48. The molecule has 0 atom stereocenters. The van der Waals surface area contributed by atoms with E-state index >= 15 is 0 Å². The number of nitro benzene ring substituents is 1. The maximum atomic E-state index is 14.5. The molecule has 0 aromatic heterocycles. The summed E-state index contributed by atoms with van der Waals surface area (Å²) >= 11 is 0. The van der Waals surface area contributed by atoms with Crippen LogP contribution in [0.3, 0.4) is 0 Å². The molecule has 1 amide bonds. The molecule has 1 aromatic carbocycles. The van der Waals surface area contributed by atoms with Gasteiger partial charge in [-0.05, 0) is 45.2 Å². The molecule has 1 heterocycles. The van der Waals surface area contributed by atoms with Gasteiger partial charge in [0.2, 0.25) is 5.75 Å².